The Morgan fingerprint density at radius 3 is 2.57 bits per heavy atom. The number of hydrogen-bond acceptors (Lipinski definition) is 7. The van der Waals surface area contributed by atoms with Gasteiger partial charge in [0, 0.05) is 29.1 Å². The van der Waals surface area contributed by atoms with Crippen molar-refractivity contribution in [3.8, 4) is 0 Å². The molecule has 5 N–H and O–H groups in total. The minimum absolute atomic E-state index is 0.0918. The number of furan rings is 1. The fourth-order valence-electron chi connectivity index (χ4n) is 3.36. The molecule has 9 nitrogen and oxygen atoms in total. The van der Waals surface area contributed by atoms with Crippen molar-refractivity contribution in [1.82, 2.24) is 0 Å². The number of nitrogens with one attached hydrogen (secondary N) is 3. The number of fused-ring (bicyclic) bond motifs is 1. The highest BCUT2D eigenvalue weighted by Crippen LogP contribution is 2.28. The van der Waals surface area contributed by atoms with Crippen LogP contribution in [0.15, 0.2) is 45.9 Å². The van der Waals surface area contributed by atoms with Crippen LogP contribution in [0.2, 0.25) is 0 Å². The number of hydrazone groups is 1. The molecule has 30 heavy (non-hydrogen) atoms. The number of rotatable bonds is 8. The summed E-state index contributed by atoms with van der Waals surface area (Å²) in [6.07, 6.45) is 2.18. The van der Waals surface area contributed by atoms with Crippen LogP contribution in [-0.2, 0) is 12.8 Å². The molecule has 2 unspecified atom stereocenters. The first-order valence-corrected chi connectivity index (χ1v) is 9.70. The van der Waals surface area contributed by atoms with E-state index in [1.807, 2.05) is 19.1 Å². The van der Waals surface area contributed by atoms with Crippen molar-refractivity contribution in [2.24, 2.45) is 5.10 Å². The molecule has 160 valence electrons. The van der Waals surface area contributed by atoms with Crippen LogP contribution in [0.5, 0.6) is 0 Å². The molecule has 0 aliphatic heterocycles. The number of nitrogens with zero attached hydrogens (tertiary/aromatic N) is 1. The molecular weight excluding hydrogens is 388 g/mol. The van der Waals surface area contributed by atoms with Crippen molar-refractivity contribution in [3.05, 3.63) is 63.7 Å². The fourth-order valence-corrected chi connectivity index (χ4v) is 3.36. The maximum absolute atomic E-state index is 11.4. The summed E-state index contributed by atoms with van der Waals surface area (Å²) in [6.45, 7) is 6.01. The highest BCUT2D eigenvalue weighted by atomic mass is 16.8. The van der Waals surface area contributed by atoms with Gasteiger partial charge in [-0.2, -0.15) is 15.6 Å². The Bertz CT molecular complexity index is 1060. The molecule has 3 aromatic rings. The predicted octanol–water partition coefficient (Wildman–Crippen LogP) is 2.53. The molecule has 9 heteroatoms. The Morgan fingerprint density at radius 1 is 1.13 bits per heavy atom. The van der Waals surface area contributed by atoms with E-state index in [0.717, 1.165) is 34.9 Å². The molecule has 0 aliphatic carbocycles. The largest absolute Gasteiger partial charge is 0.595 e. The van der Waals surface area contributed by atoms with Crippen LogP contribution in [0.1, 0.15) is 37.2 Å². The van der Waals surface area contributed by atoms with E-state index in [9.17, 15) is 15.6 Å². The number of hydrogen-bond donors (Lipinski definition) is 5. The Hall–Kier alpha value is -2.79. The van der Waals surface area contributed by atoms with Crippen molar-refractivity contribution in [2.75, 3.05) is 5.43 Å². The average molecular weight is 414 g/mol. The van der Waals surface area contributed by atoms with Gasteiger partial charge in [0.2, 0.25) is 0 Å². The number of aryl methyl sites for hydroxylation is 3. The van der Waals surface area contributed by atoms with Crippen LogP contribution in [0.25, 0.3) is 11.0 Å². The smallest absolute Gasteiger partial charge is 0.195 e. The summed E-state index contributed by atoms with van der Waals surface area (Å²) >= 11 is 0. The number of anilines is 1. The quantitative estimate of drug-likeness (QED) is 0.284. The van der Waals surface area contributed by atoms with Gasteiger partial charge in [0.05, 0.1) is 6.07 Å². The van der Waals surface area contributed by atoms with E-state index < -0.39 is 10.5 Å². The second-order valence-corrected chi connectivity index (χ2v) is 7.19. The molecule has 0 radical (unpaired) electrons. The van der Waals surface area contributed by atoms with Gasteiger partial charge in [0.15, 0.2) is 11.4 Å². The molecule has 0 spiro atoms. The lowest BCUT2D eigenvalue weighted by molar-refractivity contribution is -0.996. The van der Waals surface area contributed by atoms with Gasteiger partial charge in [0.1, 0.15) is 17.0 Å². The zero-order chi connectivity index (χ0) is 21.8. The topological polar surface area (TPSA) is 133 Å². The van der Waals surface area contributed by atoms with Crippen LogP contribution in [0.3, 0.4) is 0 Å². The van der Waals surface area contributed by atoms with Crippen LogP contribution in [-0.4, -0.2) is 16.1 Å². The van der Waals surface area contributed by atoms with E-state index in [-0.39, 0.29) is 17.1 Å². The van der Waals surface area contributed by atoms with Crippen molar-refractivity contribution in [1.29, 1.82) is 0 Å². The molecule has 0 saturated heterocycles. The van der Waals surface area contributed by atoms with E-state index in [1.54, 1.807) is 0 Å². The van der Waals surface area contributed by atoms with Crippen molar-refractivity contribution >= 4 is 33.7 Å². The van der Waals surface area contributed by atoms with Gasteiger partial charge in [-0.1, -0.05) is 18.6 Å². The first-order chi connectivity index (χ1) is 14.3. The van der Waals surface area contributed by atoms with Gasteiger partial charge in [-0.25, -0.2) is 10.4 Å². The first kappa shape index (κ1) is 21.9. The summed E-state index contributed by atoms with van der Waals surface area (Å²) in [4.78, 5) is 0. The van der Waals surface area contributed by atoms with Gasteiger partial charge in [-0.15, -0.1) is 0 Å². The zero-order valence-electron chi connectivity index (χ0n) is 17.2. The molecule has 1 aromatic heterocycles. The maximum atomic E-state index is 11.4. The van der Waals surface area contributed by atoms with Gasteiger partial charge in [-0.05, 0) is 44.9 Å². The second-order valence-electron chi connectivity index (χ2n) is 7.19. The van der Waals surface area contributed by atoms with Gasteiger partial charge in [0.25, 0.3) is 0 Å². The third-order valence-electron chi connectivity index (χ3n) is 4.96. The van der Waals surface area contributed by atoms with Crippen LogP contribution < -0.4 is 15.9 Å². The summed E-state index contributed by atoms with van der Waals surface area (Å²) in [5, 5.41) is 43.9. The summed E-state index contributed by atoms with van der Waals surface area (Å²) in [5.41, 5.74) is 6.78. The second kappa shape index (κ2) is 9.35. The molecule has 0 saturated carbocycles. The summed E-state index contributed by atoms with van der Waals surface area (Å²) in [7, 11) is 0. The van der Waals surface area contributed by atoms with Crippen LogP contribution >= 0.6 is 0 Å². The summed E-state index contributed by atoms with van der Waals surface area (Å²) < 4.78 is 6.04. The Kier molecular flexibility index (Phi) is 6.83. The van der Waals surface area contributed by atoms with Gasteiger partial charge in [-0.3, -0.25) is 5.43 Å². The average Bonchev–Trinajstić information content (AvgIpc) is 3.06. The Labute approximate surface area is 173 Å². The van der Waals surface area contributed by atoms with Gasteiger partial charge >= 0.3 is 0 Å². The predicted molar refractivity (Wildman–Crippen MR) is 113 cm³/mol. The first-order valence-electron chi connectivity index (χ1n) is 9.70. The summed E-state index contributed by atoms with van der Waals surface area (Å²) in [6, 6.07) is 10.0. The maximum Gasteiger partial charge on any atom is 0.195 e. The van der Waals surface area contributed by atoms with E-state index >= 15 is 0 Å². The third-order valence-corrected chi connectivity index (χ3v) is 4.96. The molecule has 2 atom stereocenters. The molecule has 0 aliphatic rings. The third kappa shape index (κ3) is 4.85. The standard InChI is InChI=1S/C21H26N4O5/c1-4-16-17-11-13(2)5-9-21(17)30-20(16)10-6-14(3)22-23-18-8-7-15(24(26)27)12-19(18)25(28)29/h5,7-9,11-12,23-26,28H,4,6,10H2,1-3H3. The fraction of sp³-hybridized carbons (Fsp3) is 0.286. The van der Waals surface area contributed by atoms with E-state index in [2.05, 4.69) is 30.4 Å². The molecule has 1 heterocycles. The number of benzene rings is 2. The highest BCUT2D eigenvalue weighted by molar-refractivity contribution is 5.85. The molecule has 0 fully saturated rings. The van der Waals surface area contributed by atoms with Crippen LogP contribution in [0, 0.1) is 17.3 Å². The Morgan fingerprint density at radius 2 is 1.90 bits per heavy atom. The van der Waals surface area contributed by atoms with Crippen molar-refractivity contribution < 1.29 is 25.3 Å². The lowest BCUT2D eigenvalue weighted by Gasteiger charge is -2.18. The summed E-state index contributed by atoms with van der Waals surface area (Å²) in [5.74, 6) is 0.935. The van der Waals surface area contributed by atoms with E-state index in [1.165, 1.54) is 23.3 Å². The van der Waals surface area contributed by atoms with Crippen molar-refractivity contribution in [2.45, 2.75) is 40.0 Å². The molecule has 0 amide bonds. The van der Waals surface area contributed by atoms with Crippen LogP contribution in [0.4, 0.5) is 17.1 Å². The monoisotopic (exact) mass is 414 g/mol. The highest BCUT2D eigenvalue weighted by Gasteiger charge is 2.15. The molecule has 3 rings (SSSR count). The van der Waals surface area contributed by atoms with E-state index in [4.69, 9.17) is 9.62 Å². The zero-order valence-corrected chi connectivity index (χ0v) is 17.2. The van der Waals surface area contributed by atoms with E-state index in [0.29, 0.717) is 12.8 Å². The molecule has 2 aromatic carbocycles. The molecule has 0 bridgehead atoms. The Balaban J connectivity index is 1.73. The molecular formula is C21H26N4O5. The lowest BCUT2D eigenvalue weighted by atomic mass is 10.0. The minimum Gasteiger partial charge on any atom is -0.595 e. The minimum atomic E-state index is -1.22. The van der Waals surface area contributed by atoms with Gasteiger partial charge < -0.3 is 14.8 Å². The SMILES string of the molecule is CCc1c(CCC(C)=NNc2ccc([NH+]([O-])O)cc2[NH+]([O-])O)oc2ccc(C)cc12. The lowest BCUT2D eigenvalue weighted by Crippen LogP contribution is -3.00. The normalized spacial score (nSPS) is 14.2. The number of quaternary nitrogens is 2. The van der Waals surface area contributed by atoms with Crippen molar-refractivity contribution in [3.63, 3.8) is 0 Å².